The molecule has 1 aromatic heterocycles. The van der Waals surface area contributed by atoms with Gasteiger partial charge < -0.3 is 5.11 Å². The van der Waals surface area contributed by atoms with Crippen molar-refractivity contribution in [3.8, 4) is 11.4 Å². The molecule has 21 heavy (non-hydrogen) atoms. The topological polar surface area (TPSA) is 60.1 Å². The molecule has 0 radical (unpaired) electrons. The summed E-state index contributed by atoms with van der Waals surface area (Å²) in [5.41, 5.74) is 1.19. The second-order valence-electron chi connectivity index (χ2n) is 4.55. The van der Waals surface area contributed by atoms with Crippen molar-refractivity contribution in [3.63, 3.8) is 0 Å². The Labute approximate surface area is 125 Å². The van der Waals surface area contributed by atoms with Crippen LogP contribution in [0.25, 0.3) is 5.69 Å². The van der Waals surface area contributed by atoms with Gasteiger partial charge in [-0.05, 0) is 41.4 Å². The summed E-state index contributed by atoms with van der Waals surface area (Å²) in [6.07, 6.45) is 0. The van der Waals surface area contributed by atoms with Gasteiger partial charge in [0, 0.05) is 0 Å². The minimum absolute atomic E-state index is 0.122. The average Bonchev–Trinajstić information content (AvgIpc) is 2.77. The Morgan fingerprint density at radius 1 is 1.05 bits per heavy atom. The van der Waals surface area contributed by atoms with Gasteiger partial charge in [-0.3, -0.25) is 4.57 Å². The fourth-order valence-electron chi connectivity index (χ4n) is 2.03. The minimum atomic E-state index is -0.324. The van der Waals surface area contributed by atoms with E-state index in [1.807, 2.05) is 30.3 Å². The summed E-state index contributed by atoms with van der Waals surface area (Å²) in [5.74, 6) is 0.126. The molecule has 2 aromatic carbocycles. The Balaban J connectivity index is 2.01. The third-order valence-electron chi connectivity index (χ3n) is 3.10. The van der Waals surface area contributed by atoms with E-state index in [1.54, 1.807) is 12.1 Å². The number of nitrogens with zero attached hydrogens (tertiary/aromatic N) is 3. The number of phenols is 1. The molecular formula is C15H12ClN3O2. The zero-order valence-electron chi connectivity index (χ0n) is 11.0. The first-order valence-electron chi connectivity index (χ1n) is 6.34. The molecule has 0 bridgehead atoms. The maximum Gasteiger partial charge on any atom is 0.352 e. The van der Waals surface area contributed by atoms with Gasteiger partial charge in [0.2, 0.25) is 5.28 Å². The lowest BCUT2D eigenvalue weighted by Crippen LogP contribution is -2.24. The molecule has 0 saturated heterocycles. The molecule has 0 aliphatic heterocycles. The van der Waals surface area contributed by atoms with E-state index in [0.717, 1.165) is 5.56 Å². The molecule has 3 aromatic rings. The van der Waals surface area contributed by atoms with Gasteiger partial charge in [-0.1, -0.05) is 30.3 Å². The van der Waals surface area contributed by atoms with Gasteiger partial charge in [-0.2, -0.15) is 4.68 Å². The smallest absolute Gasteiger partial charge is 0.352 e. The molecule has 5 nitrogen and oxygen atoms in total. The van der Waals surface area contributed by atoms with Gasteiger partial charge in [0.1, 0.15) is 5.75 Å². The summed E-state index contributed by atoms with van der Waals surface area (Å²) in [6.45, 7) is 0.358. The molecule has 1 heterocycles. The number of hydrogen-bond acceptors (Lipinski definition) is 3. The van der Waals surface area contributed by atoms with Gasteiger partial charge in [0.05, 0.1) is 12.2 Å². The van der Waals surface area contributed by atoms with Crippen molar-refractivity contribution < 1.29 is 5.11 Å². The second kappa shape index (κ2) is 5.46. The average molecular weight is 302 g/mol. The molecule has 0 spiro atoms. The van der Waals surface area contributed by atoms with Crippen LogP contribution in [0.4, 0.5) is 0 Å². The first-order chi connectivity index (χ1) is 10.1. The van der Waals surface area contributed by atoms with Crippen LogP contribution in [0.5, 0.6) is 5.75 Å². The van der Waals surface area contributed by atoms with E-state index in [4.69, 9.17) is 11.6 Å². The summed E-state index contributed by atoms with van der Waals surface area (Å²) in [6, 6.07) is 15.7. The standard InChI is InChI=1S/C15H12ClN3O2/c16-14-17-19(12-6-8-13(20)9-7-12)15(21)18(14)10-11-4-2-1-3-5-11/h1-9,20H,10H2. The lowest BCUT2D eigenvalue weighted by atomic mass is 10.2. The van der Waals surface area contributed by atoms with Crippen molar-refractivity contribution in [2.45, 2.75) is 6.54 Å². The third-order valence-corrected chi connectivity index (χ3v) is 3.37. The summed E-state index contributed by atoms with van der Waals surface area (Å²) in [7, 11) is 0. The molecule has 0 atom stereocenters. The van der Waals surface area contributed by atoms with Crippen molar-refractivity contribution >= 4 is 11.6 Å². The van der Waals surface area contributed by atoms with Gasteiger partial charge in [-0.15, -0.1) is 5.10 Å². The second-order valence-corrected chi connectivity index (χ2v) is 4.89. The molecule has 1 N–H and O–H groups in total. The maximum atomic E-state index is 12.4. The number of aromatic hydroxyl groups is 1. The number of aromatic nitrogens is 3. The molecule has 0 amide bonds. The zero-order valence-corrected chi connectivity index (χ0v) is 11.7. The predicted octanol–water partition coefficient (Wildman–Crippen LogP) is 2.44. The minimum Gasteiger partial charge on any atom is -0.508 e. The Morgan fingerprint density at radius 2 is 1.71 bits per heavy atom. The zero-order chi connectivity index (χ0) is 14.8. The van der Waals surface area contributed by atoms with Crippen LogP contribution in [0.15, 0.2) is 59.4 Å². The van der Waals surface area contributed by atoms with Crippen LogP contribution in [0.2, 0.25) is 5.28 Å². The van der Waals surface area contributed by atoms with Gasteiger partial charge in [0.15, 0.2) is 0 Å². The molecule has 0 aliphatic carbocycles. The Kier molecular flexibility index (Phi) is 3.50. The monoisotopic (exact) mass is 301 g/mol. The Bertz CT molecular complexity index is 807. The van der Waals surface area contributed by atoms with E-state index >= 15 is 0 Å². The first kappa shape index (κ1) is 13.5. The lowest BCUT2D eigenvalue weighted by Gasteiger charge is -2.02. The summed E-state index contributed by atoms with van der Waals surface area (Å²) >= 11 is 6.06. The summed E-state index contributed by atoms with van der Waals surface area (Å²) < 4.78 is 2.61. The van der Waals surface area contributed by atoms with Crippen molar-refractivity contribution in [1.82, 2.24) is 14.3 Å². The molecule has 0 aliphatic rings. The highest BCUT2D eigenvalue weighted by Crippen LogP contribution is 2.13. The molecule has 3 rings (SSSR count). The molecule has 6 heteroatoms. The number of hydrogen-bond donors (Lipinski definition) is 1. The number of halogens is 1. The van der Waals surface area contributed by atoms with E-state index in [1.165, 1.54) is 21.4 Å². The fraction of sp³-hybridized carbons (Fsp3) is 0.0667. The van der Waals surface area contributed by atoms with Crippen LogP contribution in [-0.4, -0.2) is 19.5 Å². The summed E-state index contributed by atoms with van der Waals surface area (Å²) in [4.78, 5) is 12.4. The van der Waals surface area contributed by atoms with E-state index in [9.17, 15) is 9.90 Å². The molecule has 106 valence electrons. The van der Waals surface area contributed by atoms with Crippen molar-refractivity contribution in [2.75, 3.05) is 0 Å². The Hall–Kier alpha value is -2.53. The van der Waals surface area contributed by atoms with Crippen LogP contribution in [-0.2, 0) is 6.54 Å². The number of benzene rings is 2. The van der Waals surface area contributed by atoms with Crippen LogP contribution >= 0.6 is 11.6 Å². The van der Waals surface area contributed by atoms with Gasteiger partial charge in [0.25, 0.3) is 0 Å². The lowest BCUT2D eigenvalue weighted by molar-refractivity contribution is 0.475. The normalized spacial score (nSPS) is 10.7. The van der Waals surface area contributed by atoms with E-state index < -0.39 is 0 Å². The van der Waals surface area contributed by atoms with Gasteiger partial charge >= 0.3 is 5.69 Å². The van der Waals surface area contributed by atoms with Crippen LogP contribution in [0, 0.1) is 0 Å². The third kappa shape index (κ3) is 2.68. The number of phenolic OH excluding ortho intramolecular Hbond substituents is 1. The maximum absolute atomic E-state index is 12.4. The predicted molar refractivity (Wildman–Crippen MR) is 80.0 cm³/mol. The molecular weight excluding hydrogens is 290 g/mol. The largest absolute Gasteiger partial charge is 0.508 e. The Morgan fingerprint density at radius 3 is 2.38 bits per heavy atom. The van der Waals surface area contributed by atoms with E-state index in [2.05, 4.69) is 5.10 Å². The van der Waals surface area contributed by atoms with Crippen LogP contribution < -0.4 is 5.69 Å². The first-order valence-corrected chi connectivity index (χ1v) is 6.71. The van der Waals surface area contributed by atoms with E-state index in [-0.39, 0.29) is 16.7 Å². The highest BCUT2D eigenvalue weighted by atomic mass is 35.5. The van der Waals surface area contributed by atoms with E-state index in [0.29, 0.717) is 12.2 Å². The van der Waals surface area contributed by atoms with Crippen LogP contribution in [0.1, 0.15) is 5.56 Å². The molecule has 0 unspecified atom stereocenters. The highest BCUT2D eigenvalue weighted by Gasteiger charge is 2.13. The summed E-state index contributed by atoms with van der Waals surface area (Å²) in [5, 5.41) is 13.5. The van der Waals surface area contributed by atoms with Crippen LogP contribution in [0.3, 0.4) is 0 Å². The van der Waals surface area contributed by atoms with Crippen molar-refractivity contribution in [2.24, 2.45) is 0 Å². The number of rotatable bonds is 3. The highest BCUT2D eigenvalue weighted by molar-refractivity contribution is 6.28. The fourth-order valence-corrected chi connectivity index (χ4v) is 2.24. The quantitative estimate of drug-likeness (QED) is 0.808. The molecule has 0 saturated carbocycles. The van der Waals surface area contributed by atoms with Crippen molar-refractivity contribution in [1.29, 1.82) is 0 Å². The van der Waals surface area contributed by atoms with Gasteiger partial charge in [-0.25, -0.2) is 4.79 Å². The van der Waals surface area contributed by atoms with Crippen molar-refractivity contribution in [3.05, 3.63) is 75.9 Å². The molecule has 0 fully saturated rings. The SMILES string of the molecule is O=c1n(-c2ccc(O)cc2)nc(Cl)n1Cc1ccccc1.